The minimum absolute atomic E-state index is 0.145. The van der Waals surface area contributed by atoms with E-state index in [9.17, 15) is 4.79 Å². The highest BCUT2D eigenvalue weighted by atomic mass is 16.5. The molecule has 0 aromatic heterocycles. The summed E-state index contributed by atoms with van der Waals surface area (Å²) in [6, 6.07) is 5.81. The summed E-state index contributed by atoms with van der Waals surface area (Å²) in [5.74, 6) is 0.544. The summed E-state index contributed by atoms with van der Waals surface area (Å²) in [7, 11) is 0. The number of hydrogen-bond donors (Lipinski definition) is 0. The van der Waals surface area contributed by atoms with Crippen LogP contribution in [0.5, 0.6) is 5.75 Å². The van der Waals surface area contributed by atoms with Crippen molar-refractivity contribution in [3.63, 3.8) is 0 Å². The molecule has 1 heterocycles. The van der Waals surface area contributed by atoms with Gasteiger partial charge in [-0.3, -0.25) is 4.79 Å². The Bertz CT molecular complexity index is 366. The van der Waals surface area contributed by atoms with Gasteiger partial charge in [-0.05, 0) is 23.6 Å². The average Bonchev–Trinajstić information content (AvgIpc) is 2.16. The quantitative estimate of drug-likeness (QED) is 0.482. The number of carbonyl (C=O) groups excluding carboxylic acids is 1. The molecular formula is C11H10O2. The Balaban J connectivity index is 2.43. The molecule has 0 fully saturated rings. The van der Waals surface area contributed by atoms with Crippen LogP contribution in [0.4, 0.5) is 0 Å². The van der Waals surface area contributed by atoms with E-state index in [4.69, 9.17) is 4.74 Å². The third-order valence-electron chi connectivity index (χ3n) is 2.15. The summed E-state index contributed by atoms with van der Waals surface area (Å²) in [6.45, 7) is 3.66. The number of rotatable bonds is 1. The van der Waals surface area contributed by atoms with E-state index < -0.39 is 0 Å². The topological polar surface area (TPSA) is 26.3 Å². The van der Waals surface area contributed by atoms with Crippen molar-refractivity contribution in [2.24, 2.45) is 0 Å². The smallest absolute Gasteiger partial charge is 0.311 e. The summed E-state index contributed by atoms with van der Waals surface area (Å²) < 4.78 is 5.09. The fourth-order valence-electron chi connectivity index (χ4n) is 1.41. The van der Waals surface area contributed by atoms with Crippen molar-refractivity contribution in [2.75, 3.05) is 0 Å². The zero-order valence-electron chi connectivity index (χ0n) is 7.25. The van der Waals surface area contributed by atoms with Crippen LogP contribution in [0.3, 0.4) is 0 Å². The Morgan fingerprint density at radius 3 is 3.00 bits per heavy atom. The minimum Gasteiger partial charge on any atom is -0.426 e. The molecule has 0 atom stereocenters. The second-order valence-corrected chi connectivity index (χ2v) is 3.05. The van der Waals surface area contributed by atoms with Gasteiger partial charge in [-0.1, -0.05) is 24.8 Å². The maximum Gasteiger partial charge on any atom is 0.311 e. The van der Waals surface area contributed by atoms with Crippen LogP contribution in [-0.4, -0.2) is 5.97 Å². The van der Waals surface area contributed by atoms with Gasteiger partial charge in [-0.25, -0.2) is 0 Å². The number of carbonyl (C=O) groups is 1. The molecule has 13 heavy (non-hydrogen) atoms. The van der Waals surface area contributed by atoms with E-state index >= 15 is 0 Å². The molecule has 0 bridgehead atoms. The first-order valence-corrected chi connectivity index (χ1v) is 4.25. The number of hydrogen-bond acceptors (Lipinski definition) is 2. The van der Waals surface area contributed by atoms with Crippen molar-refractivity contribution in [2.45, 2.75) is 12.8 Å². The monoisotopic (exact) mass is 174 g/mol. The van der Waals surface area contributed by atoms with Crippen molar-refractivity contribution in [1.82, 2.24) is 0 Å². The Morgan fingerprint density at radius 2 is 2.23 bits per heavy atom. The SMILES string of the molecule is C=Cc1ccc2c(c1)OC(=O)CC2. The molecule has 0 unspecified atom stereocenters. The fourth-order valence-corrected chi connectivity index (χ4v) is 1.41. The lowest BCUT2D eigenvalue weighted by Crippen LogP contribution is -2.15. The second kappa shape index (κ2) is 3.05. The van der Waals surface area contributed by atoms with Gasteiger partial charge in [0.2, 0.25) is 0 Å². The molecule has 0 saturated heterocycles. The van der Waals surface area contributed by atoms with Crippen LogP contribution in [-0.2, 0) is 11.2 Å². The molecule has 2 rings (SSSR count). The van der Waals surface area contributed by atoms with Gasteiger partial charge in [0.1, 0.15) is 5.75 Å². The van der Waals surface area contributed by atoms with Crippen LogP contribution in [0.25, 0.3) is 6.08 Å². The summed E-state index contributed by atoms with van der Waals surface area (Å²) in [5.41, 5.74) is 2.08. The average molecular weight is 174 g/mol. The van der Waals surface area contributed by atoms with Crippen LogP contribution in [0.2, 0.25) is 0 Å². The third-order valence-corrected chi connectivity index (χ3v) is 2.15. The molecular weight excluding hydrogens is 164 g/mol. The summed E-state index contributed by atoms with van der Waals surface area (Å²) in [6.07, 6.45) is 3.01. The standard InChI is InChI=1S/C11H10O2/c1-2-8-3-4-9-5-6-11(12)13-10(9)7-8/h2-4,7H,1,5-6H2. The van der Waals surface area contributed by atoms with E-state index in [1.807, 2.05) is 18.2 Å². The molecule has 66 valence electrons. The van der Waals surface area contributed by atoms with Gasteiger partial charge in [0, 0.05) is 0 Å². The van der Waals surface area contributed by atoms with Gasteiger partial charge >= 0.3 is 5.97 Å². The number of esters is 1. The maximum absolute atomic E-state index is 11.0. The van der Waals surface area contributed by atoms with Crippen LogP contribution < -0.4 is 4.74 Å². The number of aryl methyl sites for hydroxylation is 1. The van der Waals surface area contributed by atoms with Gasteiger partial charge in [0.15, 0.2) is 0 Å². The first-order valence-electron chi connectivity index (χ1n) is 4.25. The van der Waals surface area contributed by atoms with Gasteiger partial charge in [0.25, 0.3) is 0 Å². The van der Waals surface area contributed by atoms with E-state index in [0.29, 0.717) is 12.2 Å². The molecule has 1 aliphatic rings. The Hall–Kier alpha value is -1.57. The Morgan fingerprint density at radius 1 is 1.38 bits per heavy atom. The summed E-state index contributed by atoms with van der Waals surface area (Å²) in [4.78, 5) is 11.0. The molecule has 1 aromatic carbocycles. The zero-order valence-corrected chi connectivity index (χ0v) is 7.25. The predicted molar refractivity (Wildman–Crippen MR) is 50.5 cm³/mol. The Kier molecular flexibility index (Phi) is 1.89. The highest BCUT2D eigenvalue weighted by Gasteiger charge is 2.16. The van der Waals surface area contributed by atoms with E-state index in [0.717, 1.165) is 17.5 Å². The first kappa shape index (κ1) is 8.05. The molecule has 0 radical (unpaired) electrons. The first-order chi connectivity index (χ1) is 6.29. The van der Waals surface area contributed by atoms with E-state index in [1.54, 1.807) is 6.08 Å². The highest BCUT2D eigenvalue weighted by Crippen LogP contribution is 2.26. The van der Waals surface area contributed by atoms with Crippen molar-refractivity contribution < 1.29 is 9.53 Å². The third kappa shape index (κ3) is 1.47. The summed E-state index contributed by atoms with van der Waals surface area (Å²) >= 11 is 0. The van der Waals surface area contributed by atoms with Gasteiger partial charge in [-0.15, -0.1) is 0 Å². The number of benzene rings is 1. The molecule has 1 aromatic rings. The lowest BCUT2D eigenvalue weighted by Gasteiger charge is -2.15. The number of ether oxygens (including phenoxy) is 1. The van der Waals surface area contributed by atoms with Crippen LogP contribution in [0.15, 0.2) is 24.8 Å². The van der Waals surface area contributed by atoms with Crippen molar-refractivity contribution in [3.8, 4) is 5.75 Å². The van der Waals surface area contributed by atoms with E-state index in [-0.39, 0.29) is 5.97 Å². The molecule has 0 N–H and O–H groups in total. The second-order valence-electron chi connectivity index (χ2n) is 3.05. The normalized spacial score (nSPS) is 14.6. The lowest BCUT2D eigenvalue weighted by molar-refractivity contribution is -0.135. The predicted octanol–water partition coefficient (Wildman–Crippen LogP) is 2.18. The van der Waals surface area contributed by atoms with Gasteiger partial charge < -0.3 is 4.74 Å². The lowest BCUT2D eigenvalue weighted by atomic mass is 10.0. The highest BCUT2D eigenvalue weighted by molar-refractivity contribution is 5.75. The maximum atomic E-state index is 11.0. The zero-order chi connectivity index (χ0) is 9.26. The number of fused-ring (bicyclic) bond motifs is 1. The van der Waals surface area contributed by atoms with Crippen LogP contribution >= 0.6 is 0 Å². The van der Waals surface area contributed by atoms with Crippen LogP contribution in [0.1, 0.15) is 17.5 Å². The largest absolute Gasteiger partial charge is 0.426 e. The van der Waals surface area contributed by atoms with Crippen molar-refractivity contribution in [3.05, 3.63) is 35.9 Å². The van der Waals surface area contributed by atoms with Gasteiger partial charge in [-0.2, -0.15) is 0 Å². The molecule has 0 aliphatic carbocycles. The Labute approximate surface area is 76.8 Å². The molecule has 2 nitrogen and oxygen atoms in total. The van der Waals surface area contributed by atoms with Gasteiger partial charge in [0.05, 0.1) is 6.42 Å². The minimum atomic E-state index is -0.145. The van der Waals surface area contributed by atoms with Crippen molar-refractivity contribution >= 4 is 12.0 Å². The van der Waals surface area contributed by atoms with Crippen molar-refractivity contribution in [1.29, 1.82) is 0 Å². The van der Waals surface area contributed by atoms with E-state index in [1.165, 1.54) is 0 Å². The molecule has 0 spiro atoms. The van der Waals surface area contributed by atoms with E-state index in [2.05, 4.69) is 6.58 Å². The van der Waals surface area contributed by atoms with Crippen LogP contribution in [0, 0.1) is 0 Å². The fraction of sp³-hybridized carbons (Fsp3) is 0.182. The molecule has 2 heteroatoms. The molecule has 1 aliphatic heterocycles. The molecule has 0 saturated carbocycles. The molecule has 0 amide bonds. The summed E-state index contributed by atoms with van der Waals surface area (Å²) in [5, 5.41) is 0.